The zero-order valence-electron chi connectivity index (χ0n) is 24.3. The van der Waals surface area contributed by atoms with Crippen LogP contribution in [0.15, 0.2) is 91.0 Å². The maximum atomic E-state index is 13.7. The number of carbonyl (C=O) groups excluding carboxylic acids is 3. The van der Waals surface area contributed by atoms with Gasteiger partial charge in [0.1, 0.15) is 17.2 Å². The summed E-state index contributed by atoms with van der Waals surface area (Å²) in [6.45, 7) is 5.34. The van der Waals surface area contributed by atoms with Gasteiger partial charge in [0.2, 0.25) is 11.8 Å². The Morgan fingerprint density at radius 2 is 1.26 bits per heavy atom. The average Bonchev–Trinajstić information content (AvgIpc) is 2.95. The van der Waals surface area contributed by atoms with Gasteiger partial charge in [-0.2, -0.15) is 0 Å². The Bertz CT molecular complexity index is 1250. The third kappa shape index (κ3) is 8.57. The fraction of sp³-hybridized carbons (Fsp3) is 0.312. The van der Waals surface area contributed by atoms with E-state index in [9.17, 15) is 24.3 Å². The molecule has 42 heavy (non-hydrogen) atoms. The van der Waals surface area contributed by atoms with E-state index in [4.69, 9.17) is 4.74 Å². The zero-order valence-corrected chi connectivity index (χ0v) is 24.3. The van der Waals surface area contributed by atoms with E-state index in [0.29, 0.717) is 0 Å². The van der Waals surface area contributed by atoms with Gasteiger partial charge in [0.05, 0.1) is 6.42 Å². The summed E-state index contributed by atoms with van der Waals surface area (Å²) in [5.74, 6) is -1.16. The molecule has 0 fully saturated rings. The highest BCUT2D eigenvalue weighted by molar-refractivity contribution is 5.91. The van der Waals surface area contributed by atoms with E-state index in [-0.39, 0.29) is 13.1 Å². The van der Waals surface area contributed by atoms with Gasteiger partial charge in [-0.25, -0.2) is 9.59 Å². The van der Waals surface area contributed by atoms with Crippen molar-refractivity contribution in [2.24, 2.45) is 0 Å². The molecule has 4 N–H and O–H groups in total. The molecule has 10 nitrogen and oxygen atoms in total. The Morgan fingerprint density at radius 3 is 1.67 bits per heavy atom. The summed E-state index contributed by atoms with van der Waals surface area (Å²) in [4.78, 5) is 51.8. The van der Waals surface area contributed by atoms with Gasteiger partial charge in [0, 0.05) is 20.1 Å². The Hall–Kier alpha value is -4.86. The van der Waals surface area contributed by atoms with Crippen molar-refractivity contribution in [1.29, 1.82) is 0 Å². The Kier molecular flexibility index (Phi) is 10.7. The lowest BCUT2D eigenvalue weighted by molar-refractivity contribution is -0.135. The van der Waals surface area contributed by atoms with E-state index in [2.05, 4.69) is 16.0 Å². The summed E-state index contributed by atoms with van der Waals surface area (Å²) >= 11 is 0. The van der Waals surface area contributed by atoms with E-state index in [1.807, 2.05) is 91.0 Å². The molecule has 0 saturated heterocycles. The number of rotatable bonds is 11. The molecule has 10 heteroatoms. The number of likely N-dealkylation sites (N-methyl/N-ethyl adjacent to an activating group) is 1. The molecule has 0 aliphatic rings. The molecular weight excluding hydrogens is 536 g/mol. The van der Waals surface area contributed by atoms with Gasteiger partial charge >= 0.3 is 12.2 Å². The number of amides is 4. The van der Waals surface area contributed by atoms with Crippen LogP contribution >= 0.6 is 0 Å². The SMILES string of the molecule is CN(CCNC(=O)OC(C)(C)C)C(=O)C(CC(=O)NC(c1ccccc1)(c1ccccc1)c1ccccc1)NC(=O)O. The Morgan fingerprint density at radius 1 is 0.810 bits per heavy atom. The third-order valence-corrected chi connectivity index (χ3v) is 6.42. The zero-order chi connectivity index (χ0) is 30.8. The minimum absolute atomic E-state index is 0.0689. The van der Waals surface area contributed by atoms with Crippen LogP contribution in [0.3, 0.4) is 0 Å². The average molecular weight is 575 g/mol. The second kappa shape index (κ2) is 14.2. The van der Waals surface area contributed by atoms with Crippen molar-refractivity contribution in [2.75, 3.05) is 20.1 Å². The van der Waals surface area contributed by atoms with Gasteiger partial charge < -0.3 is 30.7 Å². The van der Waals surface area contributed by atoms with Gasteiger partial charge in [0.25, 0.3) is 0 Å². The maximum absolute atomic E-state index is 13.7. The molecule has 0 saturated carbocycles. The first-order chi connectivity index (χ1) is 19.9. The smallest absolute Gasteiger partial charge is 0.407 e. The van der Waals surface area contributed by atoms with E-state index >= 15 is 0 Å². The van der Waals surface area contributed by atoms with Gasteiger partial charge in [-0.15, -0.1) is 0 Å². The van der Waals surface area contributed by atoms with Gasteiger partial charge in [-0.1, -0.05) is 91.0 Å². The molecule has 222 valence electrons. The molecule has 1 atom stereocenters. The lowest BCUT2D eigenvalue weighted by Gasteiger charge is -2.37. The van der Waals surface area contributed by atoms with Crippen LogP contribution in [-0.4, -0.2) is 65.8 Å². The minimum Gasteiger partial charge on any atom is -0.465 e. The number of ether oxygens (including phenoxy) is 1. The number of nitrogens with zero attached hydrogens (tertiary/aromatic N) is 1. The van der Waals surface area contributed by atoms with Gasteiger partial charge in [0.15, 0.2) is 0 Å². The summed E-state index contributed by atoms with van der Waals surface area (Å²) in [6, 6.07) is 27.0. The van der Waals surface area contributed by atoms with Crippen LogP contribution in [0.1, 0.15) is 43.9 Å². The van der Waals surface area contributed by atoms with Crippen LogP contribution in [0, 0.1) is 0 Å². The molecular formula is C32H38N4O6. The highest BCUT2D eigenvalue weighted by Gasteiger charge is 2.39. The van der Waals surface area contributed by atoms with Crippen molar-refractivity contribution in [3.05, 3.63) is 108 Å². The van der Waals surface area contributed by atoms with Crippen LogP contribution in [-0.2, 0) is 19.9 Å². The lowest BCUT2D eigenvalue weighted by atomic mass is 9.77. The van der Waals surface area contributed by atoms with E-state index in [1.54, 1.807) is 20.8 Å². The quantitative estimate of drug-likeness (QED) is 0.255. The van der Waals surface area contributed by atoms with Crippen LogP contribution in [0.5, 0.6) is 0 Å². The Balaban J connectivity index is 1.86. The van der Waals surface area contributed by atoms with E-state index in [0.717, 1.165) is 16.7 Å². The normalized spacial score (nSPS) is 12.0. The fourth-order valence-electron chi connectivity index (χ4n) is 4.59. The standard InChI is InChI=1S/C32H38N4O6/c1-31(2,3)42-30(41)33-20-21-36(4)28(38)26(34-29(39)40)22-27(37)35-32(23-14-8-5-9-15-23,24-16-10-6-11-17-24)25-18-12-7-13-19-25/h5-19,26,34H,20-22H2,1-4H3,(H,33,41)(H,35,37)(H,39,40). The second-order valence-electron chi connectivity index (χ2n) is 10.8. The summed E-state index contributed by atoms with van der Waals surface area (Å²) in [7, 11) is 1.47. The van der Waals surface area contributed by atoms with Crippen molar-refractivity contribution < 1.29 is 29.0 Å². The van der Waals surface area contributed by atoms with Crippen molar-refractivity contribution in [3.8, 4) is 0 Å². The van der Waals surface area contributed by atoms with Crippen LogP contribution < -0.4 is 16.0 Å². The molecule has 3 rings (SSSR count). The number of nitrogens with one attached hydrogen (secondary N) is 3. The van der Waals surface area contributed by atoms with Gasteiger partial charge in [-0.05, 0) is 37.5 Å². The number of hydrogen-bond acceptors (Lipinski definition) is 5. The van der Waals surface area contributed by atoms with Crippen molar-refractivity contribution in [1.82, 2.24) is 20.9 Å². The topological polar surface area (TPSA) is 137 Å². The summed E-state index contributed by atoms with van der Waals surface area (Å²) in [5, 5.41) is 17.3. The molecule has 0 aliphatic carbocycles. The maximum Gasteiger partial charge on any atom is 0.407 e. The number of carboxylic acid groups (broad SMARTS) is 1. The van der Waals surface area contributed by atoms with Crippen molar-refractivity contribution >= 4 is 24.0 Å². The van der Waals surface area contributed by atoms with E-state index in [1.165, 1.54) is 11.9 Å². The highest BCUT2D eigenvalue weighted by atomic mass is 16.6. The van der Waals surface area contributed by atoms with E-state index < -0.39 is 47.6 Å². The van der Waals surface area contributed by atoms with Crippen molar-refractivity contribution in [2.45, 2.75) is 44.4 Å². The Labute approximate surface area is 246 Å². The molecule has 3 aromatic carbocycles. The van der Waals surface area contributed by atoms with Crippen LogP contribution in [0.2, 0.25) is 0 Å². The monoisotopic (exact) mass is 574 g/mol. The summed E-state index contributed by atoms with van der Waals surface area (Å²) < 4.78 is 5.19. The first kappa shape index (κ1) is 31.7. The molecule has 1 unspecified atom stereocenters. The minimum atomic E-state index is -1.44. The molecule has 0 aromatic heterocycles. The van der Waals surface area contributed by atoms with Gasteiger partial charge in [-0.3, -0.25) is 9.59 Å². The number of carbonyl (C=O) groups is 4. The molecule has 0 aliphatic heterocycles. The molecule has 0 heterocycles. The third-order valence-electron chi connectivity index (χ3n) is 6.42. The lowest BCUT2D eigenvalue weighted by Crippen LogP contribution is -2.53. The predicted octanol–water partition coefficient (Wildman–Crippen LogP) is 4.10. The largest absolute Gasteiger partial charge is 0.465 e. The molecule has 3 aromatic rings. The highest BCUT2D eigenvalue weighted by Crippen LogP contribution is 2.36. The summed E-state index contributed by atoms with van der Waals surface area (Å²) in [6.07, 6.45) is -2.53. The molecule has 0 radical (unpaired) electrons. The van der Waals surface area contributed by atoms with Crippen molar-refractivity contribution in [3.63, 3.8) is 0 Å². The summed E-state index contributed by atoms with van der Waals surface area (Å²) in [5.41, 5.74) is 0.561. The number of benzene rings is 3. The second-order valence-corrected chi connectivity index (χ2v) is 10.8. The molecule has 0 spiro atoms. The molecule has 4 amide bonds. The fourth-order valence-corrected chi connectivity index (χ4v) is 4.59. The number of hydrogen-bond donors (Lipinski definition) is 4. The predicted molar refractivity (Wildman–Crippen MR) is 159 cm³/mol. The first-order valence-corrected chi connectivity index (χ1v) is 13.6. The first-order valence-electron chi connectivity index (χ1n) is 13.6. The number of alkyl carbamates (subject to hydrolysis) is 1. The van der Waals surface area contributed by atoms with Crippen LogP contribution in [0.4, 0.5) is 9.59 Å². The van der Waals surface area contributed by atoms with Crippen LogP contribution in [0.25, 0.3) is 0 Å². The molecule has 0 bridgehead atoms.